The summed E-state index contributed by atoms with van der Waals surface area (Å²) >= 11 is 0. The molecule has 0 heterocycles. The van der Waals surface area contributed by atoms with Crippen LogP contribution in [-0.2, 0) is 9.53 Å². The number of methoxy groups -OCH3 is 1. The molecule has 0 spiro atoms. The minimum atomic E-state index is -0.126. The predicted molar refractivity (Wildman–Crippen MR) is 58.2 cm³/mol. The summed E-state index contributed by atoms with van der Waals surface area (Å²) in [5.74, 6) is 2.54. The molecular weight excluding hydrogens is 190 g/mol. The summed E-state index contributed by atoms with van der Waals surface area (Å²) < 4.78 is 5.01. The minimum absolute atomic E-state index is 0.126. The van der Waals surface area contributed by atoms with Crippen molar-refractivity contribution < 1.29 is 9.53 Å². The molecular formula is C12H13NO2. The molecule has 3 nitrogen and oxygen atoms in total. The molecule has 0 saturated carbocycles. The summed E-state index contributed by atoms with van der Waals surface area (Å²) in [5, 5.41) is 2.68. The second-order valence-corrected chi connectivity index (χ2v) is 3.06. The molecule has 78 valence electrons. The lowest BCUT2D eigenvalue weighted by molar-refractivity contribution is -0.110. The molecule has 0 fully saturated rings. The Morgan fingerprint density at radius 2 is 2.20 bits per heavy atom. The molecule has 1 amide bonds. The maximum Gasteiger partial charge on any atom is 0.207 e. The van der Waals surface area contributed by atoms with Gasteiger partial charge in [-0.1, -0.05) is 18.1 Å². The van der Waals surface area contributed by atoms with Gasteiger partial charge in [-0.25, -0.2) is 0 Å². The van der Waals surface area contributed by atoms with E-state index in [9.17, 15) is 4.79 Å². The number of benzene rings is 1. The van der Waals surface area contributed by atoms with Gasteiger partial charge in [-0.3, -0.25) is 4.79 Å². The van der Waals surface area contributed by atoms with Gasteiger partial charge in [0.25, 0.3) is 0 Å². The quantitative estimate of drug-likeness (QED) is 0.575. The van der Waals surface area contributed by atoms with Gasteiger partial charge in [0.05, 0.1) is 12.6 Å². The first kappa shape index (κ1) is 11.3. The van der Waals surface area contributed by atoms with Crippen molar-refractivity contribution in [2.75, 3.05) is 13.7 Å². The molecule has 15 heavy (non-hydrogen) atoms. The molecule has 1 unspecified atom stereocenters. The van der Waals surface area contributed by atoms with Crippen LogP contribution in [0.4, 0.5) is 0 Å². The third-order valence-electron chi connectivity index (χ3n) is 2.08. The van der Waals surface area contributed by atoms with E-state index in [1.165, 1.54) is 0 Å². The summed E-state index contributed by atoms with van der Waals surface area (Å²) in [5.41, 5.74) is 1.80. The van der Waals surface area contributed by atoms with Crippen LogP contribution in [0.2, 0.25) is 0 Å². The van der Waals surface area contributed by atoms with Gasteiger partial charge in [0.1, 0.15) is 0 Å². The number of hydrogen-bond acceptors (Lipinski definition) is 2. The number of amides is 1. The monoisotopic (exact) mass is 203 g/mol. The predicted octanol–water partition coefficient (Wildman–Crippen LogP) is 1.10. The zero-order valence-corrected chi connectivity index (χ0v) is 8.57. The average Bonchev–Trinajstić information content (AvgIpc) is 2.29. The number of carbonyl (C=O) groups is 1. The number of terminal acetylenes is 1. The summed E-state index contributed by atoms with van der Waals surface area (Å²) in [4.78, 5) is 10.4. The van der Waals surface area contributed by atoms with Crippen molar-refractivity contribution in [3.05, 3.63) is 35.4 Å². The highest BCUT2D eigenvalue weighted by atomic mass is 16.5. The lowest BCUT2D eigenvalue weighted by Gasteiger charge is -2.15. The van der Waals surface area contributed by atoms with Gasteiger partial charge in [0.2, 0.25) is 6.41 Å². The second-order valence-electron chi connectivity index (χ2n) is 3.06. The van der Waals surface area contributed by atoms with Crippen molar-refractivity contribution in [1.82, 2.24) is 5.32 Å². The molecule has 1 N–H and O–H groups in total. The van der Waals surface area contributed by atoms with E-state index in [1.807, 2.05) is 24.3 Å². The Balaban J connectivity index is 2.81. The lowest BCUT2D eigenvalue weighted by Crippen LogP contribution is -2.23. The van der Waals surface area contributed by atoms with Crippen LogP contribution in [0.1, 0.15) is 17.2 Å². The first-order valence-electron chi connectivity index (χ1n) is 4.57. The van der Waals surface area contributed by atoms with E-state index in [1.54, 1.807) is 7.11 Å². The van der Waals surface area contributed by atoms with E-state index < -0.39 is 0 Å². The van der Waals surface area contributed by atoms with Gasteiger partial charge >= 0.3 is 0 Å². The SMILES string of the molecule is C#Cc1ccc(C(COC)NC=O)cc1. The molecule has 1 rings (SSSR count). The Labute approximate surface area is 89.4 Å². The maximum absolute atomic E-state index is 10.4. The van der Waals surface area contributed by atoms with Crippen LogP contribution >= 0.6 is 0 Å². The fourth-order valence-corrected chi connectivity index (χ4v) is 1.30. The van der Waals surface area contributed by atoms with Crippen molar-refractivity contribution in [2.45, 2.75) is 6.04 Å². The largest absolute Gasteiger partial charge is 0.382 e. The van der Waals surface area contributed by atoms with Crippen LogP contribution in [0.5, 0.6) is 0 Å². The topological polar surface area (TPSA) is 38.3 Å². The molecule has 0 radical (unpaired) electrons. The van der Waals surface area contributed by atoms with Crippen molar-refractivity contribution in [2.24, 2.45) is 0 Å². The molecule has 0 aliphatic rings. The first-order chi connectivity index (χ1) is 7.31. The van der Waals surface area contributed by atoms with Crippen molar-refractivity contribution in [3.63, 3.8) is 0 Å². The second kappa shape index (κ2) is 5.84. The minimum Gasteiger partial charge on any atom is -0.382 e. The molecule has 0 bridgehead atoms. The highest BCUT2D eigenvalue weighted by Gasteiger charge is 2.09. The van der Waals surface area contributed by atoms with E-state index in [0.29, 0.717) is 13.0 Å². The standard InChI is InChI=1S/C12H13NO2/c1-3-10-4-6-11(7-5-10)12(8-15-2)13-9-14/h1,4-7,9,12H,8H2,2H3,(H,13,14). The van der Waals surface area contributed by atoms with Gasteiger partial charge in [0, 0.05) is 12.7 Å². The molecule has 0 aromatic heterocycles. The van der Waals surface area contributed by atoms with Crippen molar-refractivity contribution in [3.8, 4) is 12.3 Å². The van der Waals surface area contributed by atoms with Crippen LogP contribution in [0.3, 0.4) is 0 Å². The van der Waals surface area contributed by atoms with E-state index in [2.05, 4.69) is 11.2 Å². The van der Waals surface area contributed by atoms with Crippen LogP contribution in [0, 0.1) is 12.3 Å². The molecule has 1 aromatic carbocycles. The Kier molecular flexibility index (Phi) is 4.39. The summed E-state index contributed by atoms with van der Waals surface area (Å²) in [6, 6.07) is 7.32. The molecule has 3 heteroatoms. The Bertz CT molecular complexity index is 351. The van der Waals surface area contributed by atoms with E-state index in [0.717, 1.165) is 11.1 Å². The Morgan fingerprint density at radius 3 is 2.67 bits per heavy atom. The fourth-order valence-electron chi connectivity index (χ4n) is 1.30. The van der Waals surface area contributed by atoms with Gasteiger partial charge in [-0.15, -0.1) is 6.42 Å². The van der Waals surface area contributed by atoms with E-state index in [4.69, 9.17) is 11.2 Å². The smallest absolute Gasteiger partial charge is 0.207 e. The van der Waals surface area contributed by atoms with Gasteiger partial charge in [-0.05, 0) is 17.7 Å². The third kappa shape index (κ3) is 3.12. The van der Waals surface area contributed by atoms with Crippen LogP contribution in [-0.4, -0.2) is 20.1 Å². The lowest BCUT2D eigenvalue weighted by atomic mass is 10.1. The van der Waals surface area contributed by atoms with Crippen LogP contribution in [0.15, 0.2) is 24.3 Å². The fraction of sp³-hybridized carbons (Fsp3) is 0.250. The number of hydrogen-bond donors (Lipinski definition) is 1. The number of ether oxygens (including phenoxy) is 1. The molecule has 0 aliphatic heterocycles. The Morgan fingerprint density at radius 1 is 1.53 bits per heavy atom. The van der Waals surface area contributed by atoms with E-state index >= 15 is 0 Å². The zero-order valence-electron chi connectivity index (χ0n) is 8.57. The molecule has 0 saturated heterocycles. The van der Waals surface area contributed by atoms with Crippen LogP contribution < -0.4 is 5.32 Å². The van der Waals surface area contributed by atoms with Gasteiger partial charge in [-0.2, -0.15) is 0 Å². The number of carbonyl (C=O) groups excluding carboxylic acids is 1. The van der Waals surface area contributed by atoms with Gasteiger partial charge in [0.15, 0.2) is 0 Å². The normalized spacial score (nSPS) is 11.5. The summed E-state index contributed by atoms with van der Waals surface area (Å²) in [7, 11) is 1.59. The highest BCUT2D eigenvalue weighted by Crippen LogP contribution is 2.13. The number of nitrogens with one attached hydrogen (secondary N) is 1. The van der Waals surface area contributed by atoms with Gasteiger partial charge < -0.3 is 10.1 Å². The number of rotatable bonds is 5. The third-order valence-corrected chi connectivity index (χ3v) is 2.08. The molecule has 0 aliphatic carbocycles. The summed E-state index contributed by atoms with van der Waals surface area (Å²) in [6.07, 6.45) is 5.91. The first-order valence-corrected chi connectivity index (χ1v) is 4.57. The molecule has 1 atom stereocenters. The highest BCUT2D eigenvalue weighted by molar-refractivity contribution is 5.48. The average molecular weight is 203 g/mol. The maximum atomic E-state index is 10.4. The zero-order chi connectivity index (χ0) is 11.1. The Hall–Kier alpha value is -1.79. The van der Waals surface area contributed by atoms with Crippen molar-refractivity contribution in [1.29, 1.82) is 0 Å². The van der Waals surface area contributed by atoms with Crippen LogP contribution in [0.25, 0.3) is 0 Å². The molecule has 1 aromatic rings. The van der Waals surface area contributed by atoms with E-state index in [-0.39, 0.29) is 6.04 Å². The van der Waals surface area contributed by atoms with Crippen molar-refractivity contribution >= 4 is 6.41 Å². The summed E-state index contributed by atoms with van der Waals surface area (Å²) in [6.45, 7) is 0.439.